The molecule has 2 atom stereocenters. The van der Waals surface area contributed by atoms with Crippen molar-refractivity contribution in [3.05, 3.63) is 34.9 Å². The zero-order valence-corrected chi connectivity index (χ0v) is 15.0. The lowest BCUT2D eigenvalue weighted by Gasteiger charge is -2.29. The molecule has 3 amide bonds. The number of fused-ring (bicyclic) bond motifs is 1. The van der Waals surface area contributed by atoms with Crippen molar-refractivity contribution in [2.24, 2.45) is 0 Å². The quantitative estimate of drug-likeness (QED) is 0.756. The van der Waals surface area contributed by atoms with Crippen LogP contribution in [-0.2, 0) is 22.7 Å². The first-order valence-electron chi connectivity index (χ1n) is 9.20. The lowest BCUT2D eigenvalue weighted by Crippen LogP contribution is -2.52. The van der Waals surface area contributed by atoms with Gasteiger partial charge in [-0.1, -0.05) is 12.1 Å². The third-order valence-electron chi connectivity index (χ3n) is 5.68. The zero-order valence-electron chi connectivity index (χ0n) is 15.0. The number of hydrogen-bond donors (Lipinski definition) is 2. The van der Waals surface area contributed by atoms with Crippen LogP contribution in [0.1, 0.15) is 40.7 Å². The van der Waals surface area contributed by atoms with E-state index >= 15 is 0 Å². The Labute approximate surface area is 152 Å². The third kappa shape index (κ3) is 3.12. The molecule has 4 rings (SSSR count). The first-order chi connectivity index (χ1) is 12.5. The number of nitrogens with one attached hydrogen (secondary N) is 2. The molecule has 3 aliphatic rings. The monoisotopic (exact) mass is 356 g/mol. The molecule has 2 unspecified atom stereocenters. The second-order valence-corrected chi connectivity index (χ2v) is 7.45. The number of carbonyl (C=O) groups is 3. The fraction of sp³-hybridized carbons (Fsp3) is 0.526. The van der Waals surface area contributed by atoms with Gasteiger partial charge in [0.15, 0.2) is 0 Å². The van der Waals surface area contributed by atoms with Crippen molar-refractivity contribution < 1.29 is 14.4 Å². The van der Waals surface area contributed by atoms with Crippen LogP contribution in [0.25, 0.3) is 0 Å². The van der Waals surface area contributed by atoms with Gasteiger partial charge in [0.1, 0.15) is 6.04 Å². The Balaban J connectivity index is 1.48. The van der Waals surface area contributed by atoms with Gasteiger partial charge in [0.25, 0.3) is 5.91 Å². The summed E-state index contributed by atoms with van der Waals surface area (Å²) in [5.74, 6) is -0.743. The zero-order chi connectivity index (χ0) is 18.3. The summed E-state index contributed by atoms with van der Waals surface area (Å²) in [4.78, 5) is 40.1. The molecule has 1 aromatic rings. The SMILES string of the molecule is CN(Cc1ccc2c(c1)CN(C1CCC(=O)NC1=O)C2=O)C1CCNC1. The van der Waals surface area contributed by atoms with Gasteiger partial charge in [-0.2, -0.15) is 0 Å². The van der Waals surface area contributed by atoms with Crippen LogP contribution in [-0.4, -0.2) is 59.7 Å². The molecule has 7 nitrogen and oxygen atoms in total. The lowest BCUT2D eigenvalue weighted by molar-refractivity contribution is -0.136. The Kier molecular flexibility index (Phi) is 4.50. The van der Waals surface area contributed by atoms with Crippen LogP contribution in [0.3, 0.4) is 0 Å². The molecule has 138 valence electrons. The maximum absolute atomic E-state index is 12.7. The maximum Gasteiger partial charge on any atom is 0.255 e. The molecule has 0 aliphatic carbocycles. The van der Waals surface area contributed by atoms with Crippen molar-refractivity contribution in [1.82, 2.24) is 20.4 Å². The van der Waals surface area contributed by atoms with E-state index in [9.17, 15) is 14.4 Å². The van der Waals surface area contributed by atoms with E-state index in [4.69, 9.17) is 0 Å². The molecular formula is C19H24N4O3. The van der Waals surface area contributed by atoms with Gasteiger partial charge < -0.3 is 10.2 Å². The van der Waals surface area contributed by atoms with E-state index in [0.29, 0.717) is 24.6 Å². The number of carbonyl (C=O) groups excluding carboxylic acids is 3. The number of likely N-dealkylation sites (N-methyl/N-ethyl adjacent to an activating group) is 1. The molecule has 3 aliphatic heterocycles. The van der Waals surface area contributed by atoms with Gasteiger partial charge in [0, 0.05) is 37.7 Å². The van der Waals surface area contributed by atoms with E-state index in [1.807, 2.05) is 12.1 Å². The van der Waals surface area contributed by atoms with Crippen LogP contribution in [0, 0.1) is 0 Å². The predicted molar refractivity (Wildman–Crippen MR) is 95.2 cm³/mol. The molecule has 3 heterocycles. The van der Waals surface area contributed by atoms with Crippen molar-refractivity contribution in [2.45, 2.75) is 44.4 Å². The highest BCUT2D eigenvalue weighted by atomic mass is 16.2. The van der Waals surface area contributed by atoms with Crippen molar-refractivity contribution in [3.63, 3.8) is 0 Å². The molecule has 0 bridgehead atoms. The molecule has 0 aromatic heterocycles. The van der Waals surface area contributed by atoms with Crippen molar-refractivity contribution in [1.29, 1.82) is 0 Å². The first kappa shape index (κ1) is 17.2. The standard InChI is InChI=1S/C19H24N4O3/c1-22(14-6-7-20-9-14)10-12-2-3-15-13(8-12)11-23(19(15)26)16-4-5-17(24)21-18(16)25/h2-3,8,14,16,20H,4-7,9-11H2,1H3,(H,21,24,25). The van der Waals surface area contributed by atoms with Crippen molar-refractivity contribution in [3.8, 4) is 0 Å². The molecule has 7 heteroatoms. The molecule has 0 spiro atoms. The minimum absolute atomic E-state index is 0.116. The summed E-state index contributed by atoms with van der Waals surface area (Å²) in [5, 5.41) is 5.72. The van der Waals surface area contributed by atoms with Gasteiger partial charge in [-0.25, -0.2) is 0 Å². The van der Waals surface area contributed by atoms with Crippen molar-refractivity contribution >= 4 is 17.7 Å². The Bertz CT molecular complexity index is 757. The van der Waals surface area contributed by atoms with Gasteiger partial charge in [0.05, 0.1) is 0 Å². The minimum Gasteiger partial charge on any atom is -0.322 e. The van der Waals surface area contributed by atoms with E-state index in [1.54, 1.807) is 4.90 Å². The first-order valence-corrected chi connectivity index (χ1v) is 9.20. The Hall–Kier alpha value is -2.25. The topological polar surface area (TPSA) is 81.8 Å². The van der Waals surface area contributed by atoms with Crippen molar-refractivity contribution in [2.75, 3.05) is 20.1 Å². The predicted octanol–water partition coefficient (Wildman–Crippen LogP) is 0.241. The average Bonchev–Trinajstić information content (AvgIpc) is 3.24. The number of imide groups is 1. The molecule has 2 fully saturated rings. The van der Waals surface area contributed by atoms with E-state index in [1.165, 1.54) is 5.56 Å². The summed E-state index contributed by atoms with van der Waals surface area (Å²) in [6.07, 6.45) is 1.83. The minimum atomic E-state index is -0.553. The van der Waals surface area contributed by atoms with E-state index in [-0.39, 0.29) is 24.1 Å². The maximum atomic E-state index is 12.7. The fourth-order valence-electron chi connectivity index (χ4n) is 4.16. The third-order valence-corrected chi connectivity index (χ3v) is 5.68. The number of hydrogen-bond acceptors (Lipinski definition) is 5. The number of amides is 3. The van der Waals surface area contributed by atoms with Gasteiger partial charge in [-0.15, -0.1) is 0 Å². The number of piperidine rings is 1. The molecule has 2 saturated heterocycles. The normalized spacial score (nSPS) is 25.8. The summed E-state index contributed by atoms with van der Waals surface area (Å²) in [6.45, 7) is 3.35. The smallest absolute Gasteiger partial charge is 0.255 e. The summed E-state index contributed by atoms with van der Waals surface area (Å²) in [5.41, 5.74) is 2.81. The Morgan fingerprint density at radius 2 is 2.08 bits per heavy atom. The molecule has 1 aromatic carbocycles. The van der Waals surface area contributed by atoms with E-state index < -0.39 is 6.04 Å². The Morgan fingerprint density at radius 3 is 2.81 bits per heavy atom. The summed E-state index contributed by atoms with van der Waals surface area (Å²) in [7, 11) is 2.13. The second kappa shape index (κ2) is 6.81. The van der Waals surface area contributed by atoms with Crippen LogP contribution >= 0.6 is 0 Å². The van der Waals surface area contributed by atoms with Gasteiger partial charge in [0.2, 0.25) is 11.8 Å². The van der Waals surface area contributed by atoms with Crippen LogP contribution in [0.4, 0.5) is 0 Å². The highest BCUT2D eigenvalue weighted by Crippen LogP contribution is 2.28. The van der Waals surface area contributed by atoms with Crippen LogP contribution < -0.4 is 10.6 Å². The fourth-order valence-corrected chi connectivity index (χ4v) is 4.16. The summed E-state index contributed by atoms with van der Waals surface area (Å²) >= 11 is 0. The van der Waals surface area contributed by atoms with Gasteiger partial charge >= 0.3 is 0 Å². The molecule has 0 saturated carbocycles. The van der Waals surface area contributed by atoms with Gasteiger partial charge in [-0.05, 0) is 43.6 Å². The molecular weight excluding hydrogens is 332 g/mol. The van der Waals surface area contributed by atoms with E-state index in [0.717, 1.165) is 31.6 Å². The second-order valence-electron chi connectivity index (χ2n) is 7.45. The highest BCUT2D eigenvalue weighted by molar-refractivity contribution is 6.05. The Morgan fingerprint density at radius 1 is 1.23 bits per heavy atom. The summed E-state index contributed by atoms with van der Waals surface area (Å²) in [6, 6.07) is 5.95. The number of rotatable bonds is 4. The summed E-state index contributed by atoms with van der Waals surface area (Å²) < 4.78 is 0. The average molecular weight is 356 g/mol. The van der Waals surface area contributed by atoms with Crippen LogP contribution in [0.15, 0.2) is 18.2 Å². The van der Waals surface area contributed by atoms with Crippen LogP contribution in [0.2, 0.25) is 0 Å². The molecule has 26 heavy (non-hydrogen) atoms. The highest BCUT2D eigenvalue weighted by Gasteiger charge is 2.39. The number of nitrogens with zero attached hydrogens (tertiary/aromatic N) is 2. The van der Waals surface area contributed by atoms with Crippen LogP contribution in [0.5, 0.6) is 0 Å². The van der Waals surface area contributed by atoms with E-state index in [2.05, 4.69) is 28.6 Å². The number of benzene rings is 1. The van der Waals surface area contributed by atoms with Gasteiger partial charge in [-0.3, -0.25) is 24.6 Å². The largest absolute Gasteiger partial charge is 0.322 e. The molecule has 2 N–H and O–H groups in total. The molecule has 0 radical (unpaired) electrons. The lowest BCUT2D eigenvalue weighted by atomic mass is 10.0.